The molecule has 2 aromatic rings. The van der Waals surface area contributed by atoms with Gasteiger partial charge in [0.25, 0.3) is 0 Å². The van der Waals surface area contributed by atoms with E-state index in [0.29, 0.717) is 32.1 Å². The molecule has 1 amide bonds. The number of carbonyl (C=O) groups is 1. The van der Waals surface area contributed by atoms with Gasteiger partial charge in [-0.25, -0.2) is 0 Å². The number of aromatic nitrogens is 2. The molecular formula is C17H23N5O3. The molecule has 0 spiro atoms. The molecule has 0 aromatic carbocycles. The largest absolute Gasteiger partial charge is 0.467 e. The number of amides is 1. The molecule has 3 rings (SSSR count). The Morgan fingerprint density at radius 1 is 1.44 bits per heavy atom. The summed E-state index contributed by atoms with van der Waals surface area (Å²) >= 11 is 0. The molecular weight excluding hydrogens is 322 g/mol. The number of hydrogen-bond donors (Lipinski definition) is 2. The van der Waals surface area contributed by atoms with Crippen molar-refractivity contribution in [2.45, 2.75) is 19.1 Å². The lowest BCUT2D eigenvalue weighted by atomic mass is 10.2. The van der Waals surface area contributed by atoms with Crippen molar-refractivity contribution in [3.63, 3.8) is 0 Å². The summed E-state index contributed by atoms with van der Waals surface area (Å²) in [6.07, 6.45) is 3.24. The fraction of sp³-hybridized carbons (Fsp3) is 0.471. The third-order valence-electron chi connectivity index (χ3n) is 4.02. The van der Waals surface area contributed by atoms with Crippen LogP contribution in [0.4, 0.5) is 5.82 Å². The van der Waals surface area contributed by atoms with Gasteiger partial charge in [0.2, 0.25) is 5.91 Å². The van der Waals surface area contributed by atoms with E-state index >= 15 is 0 Å². The van der Waals surface area contributed by atoms with Crippen LogP contribution < -0.4 is 10.6 Å². The zero-order valence-corrected chi connectivity index (χ0v) is 14.2. The van der Waals surface area contributed by atoms with E-state index in [9.17, 15) is 4.79 Å². The zero-order valence-electron chi connectivity index (χ0n) is 14.2. The SMILES string of the molecule is C[C@H](NC(=O)CN1CCO[C@@H](CNc2cccnn2)C1)c1ccco1. The molecule has 0 aliphatic carbocycles. The first-order chi connectivity index (χ1) is 12.2. The van der Waals surface area contributed by atoms with E-state index in [-0.39, 0.29) is 18.1 Å². The van der Waals surface area contributed by atoms with Crippen LogP contribution in [0.5, 0.6) is 0 Å². The van der Waals surface area contributed by atoms with Gasteiger partial charge in [-0.05, 0) is 31.2 Å². The number of anilines is 1. The minimum absolute atomic E-state index is 0.00560. The number of carbonyl (C=O) groups excluding carboxylic acids is 1. The standard InChI is InChI=1S/C17H23N5O3/c1-13(15-4-3-8-25-15)20-17(23)12-22-7-9-24-14(11-22)10-18-16-5-2-6-19-21-16/h2-6,8,13-14H,7,9-12H2,1H3,(H,18,21)(H,20,23)/t13-,14-/m0/s1. The highest BCUT2D eigenvalue weighted by Crippen LogP contribution is 2.12. The van der Waals surface area contributed by atoms with Crippen LogP contribution in [0.3, 0.4) is 0 Å². The lowest BCUT2D eigenvalue weighted by Crippen LogP contribution is -2.49. The molecule has 25 heavy (non-hydrogen) atoms. The Hall–Kier alpha value is -2.45. The van der Waals surface area contributed by atoms with Crippen molar-refractivity contribution in [1.29, 1.82) is 0 Å². The number of morpholine rings is 1. The molecule has 1 saturated heterocycles. The average molecular weight is 345 g/mol. The van der Waals surface area contributed by atoms with Gasteiger partial charge >= 0.3 is 0 Å². The molecule has 134 valence electrons. The summed E-state index contributed by atoms with van der Waals surface area (Å²) < 4.78 is 11.1. The van der Waals surface area contributed by atoms with Gasteiger partial charge in [0, 0.05) is 25.8 Å². The topological polar surface area (TPSA) is 92.5 Å². The lowest BCUT2D eigenvalue weighted by molar-refractivity contribution is -0.124. The maximum atomic E-state index is 12.2. The van der Waals surface area contributed by atoms with Crippen molar-refractivity contribution in [3.8, 4) is 0 Å². The molecule has 0 radical (unpaired) electrons. The third kappa shape index (κ3) is 5.27. The quantitative estimate of drug-likeness (QED) is 0.775. The summed E-state index contributed by atoms with van der Waals surface area (Å²) in [6.45, 7) is 4.91. The highest BCUT2D eigenvalue weighted by atomic mass is 16.5. The Balaban J connectivity index is 1.42. The number of rotatable bonds is 7. The molecule has 1 aliphatic heterocycles. The number of nitrogens with zero attached hydrogens (tertiary/aromatic N) is 3. The van der Waals surface area contributed by atoms with Gasteiger partial charge < -0.3 is 19.8 Å². The van der Waals surface area contributed by atoms with Gasteiger partial charge in [-0.2, -0.15) is 5.10 Å². The Bertz CT molecular complexity index is 650. The highest BCUT2D eigenvalue weighted by Gasteiger charge is 2.23. The van der Waals surface area contributed by atoms with Crippen molar-refractivity contribution in [1.82, 2.24) is 20.4 Å². The molecule has 2 atom stereocenters. The smallest absolute Gasteiger partial charge is 0.234 e. The summed E-state index contributed by atoms with van der Waals surface area (Å²) in [5.74, 6) is 1.45. The Labute approximate surface area is 146 Å². The van der Waals surface area contributed by atoms with Crippen molar-refractivity contribution < 1.29 is 13.9 Å². The average Bonchev–Trinajstić information content (AvgIpc) is 3.16. The zero-order chi connectivity index (χ0) is 17.5. The van der Waals surface area contributed by atoms with Crippen LogP contribution in [0.25, 0.3) is 0 Å². The van der Waals surface area contributed by atoms with Crippen LogP contribution in [0, 0.1) is 0 Å². The summed E-state index contributed by atoms with van der Waals surface area (Å²) in [6, 6.07) is 7.21. The normalized spacial score (nSPS) is 19.3. The van der Waals surface area contributed by atoms with Crippen molar-refractivity contribution in [2.24, 2.45) is 0 Å². The fourth-order valence-corrected chi connectivity index (χ4v) is 2.76. The first-order valence-corrected chi connectivity index (χ1v) is 8.39. The highest BCUT2D eigenvalue weighted by molar-refractivity contribution is 5.78. The molecule has 0 unspecified atom stereocenters. The first kappa shape index (κ1) is 17.4. The van der Waals surface area contributed by atoms with Gasteiger partial charge in [0.05, 0.1) is 31.6 Å². The van der Waals surface area contributed by atoms with E-state index in [0.717, 1.165) is 12.3 Å². The predicted octanol–water partition coefficient (Wildman–Crippen LogP) is 1.06. The molecule has 2 N–H and O–H groups in total. The van der Waals surface area contributed by atoms with Gasteiger partial charge in [-0.15, -0.1) is 5.10 Å². The van der Waals surface area contributed by atoms with E-state index in [4.69, 9.17) is 9.15 Å². The Kier molecular flexibility index (Phi) is 5.97. The minimum Gasteiger partial charge on any atom is -0.467 e. The second kappa shape index (κ2) is 8.59. The first-order valence-electron chi connectivity index (χ1n) is 8.39. The molecule has 1 aliphatic rings. The monoisotopic (exact) mass is 345 g/mol. The predicted molar refractivity (Wildman–Crippen MR) is 92.0 cm³/mol. The number of hydrogen-bond acceptors (Lipinski definition) is 7. The summed E-state index contributed by atoms with van der Waals surface area (Å²) in [7, 11) is 0. The van der Waals surface area contributed by atoms with Crippen LogP contribution in [0.2, 0.25) is 0 Å². The molecule has 8 nitrogen and oxygen atoms in total. The van der Waals surface area contributed by atoms with Crippen molar-refractivity contribution in [3.05, 3.63) is 42.5 Å². The number of furan rings is 1. The Morgan fingerprint density at radius 2 is 2.36 bits per heavy atom. The van der Waals surface area contributed by atoms with Gasteiger partial charge in [0.15, 0.2) is 0 Å². The Morgan fingerprint density at radius 3 is 3.12 bits per heavy atom. The van der Waals surface area contributed by atoms with Gasteiger partial charge in [-0.1, -0.05) is 0 Å². The summed E-state index contributed by atoms with van der Waals surface area (Å²) in [5, 5.41) is 14.0. The maximum absolute atomic E-state index is 12.2. The van der Waals surface area contributed by atoms with E-state index < -0.39 is 0 Å². The fourth-order valence-electron chi connectivity index (χ4n) is 2.76. The van der Waals surface area contributed by atoms with Gasteiger partial charge in [0.1, 0.15) is 11.6 Å². The second-order valence-electron chi connectivity index (χ2n) is 6.02. The van der Waals surface area contributed by atoms with Crippen LogP contribution in [-0.2, 0) is 9.53 Å². The molecule has 0 saturated carbocycles. The van der Waals surface area contributed by atoms with Crippen LogP contribution in [-0.4, -0.2) is 59.9 Å². The summed E-state index contributed by atoms with van der Waals surface area (Å²) in [5.41, 5.74) is 0. The van der Waals surface area contributed by atoms with E-state index in [2.05, 4.69) is 25.7 Å². The number of nitrogens with one attached hydrogen (secondary N) is 2. The van der Waals surface area contributed by atoms with Crippen molar-refractivity contribution in [2.75, 3.05) is 38.1 Å². The molecule has 2 aromatic heterocycles. The van der Waals surface area contributed by atoms with Crippen molar-refractivity contribution >= 4 is 11.7 Å². The maximum Gasteiger partial charge on any atom is 0.234 e. The summed E-state index contributed by atoms with van der Waals surface area (Å²) in [4.78, 5) is 14.3. The molecule has 3 heterocycles. The van der Waals surface area contributed by atoms with Crippen LogP contribution in [0.1, 0.15) is 18.7 Å². The molecule has 1 fully saturated rings. The van der Waals surface area contributed by atoms with E-state index in [1.165, 1.54) is 0 Å². The van der Waals surface area contributed by atoms with E-state index in [1.807, 2.05) is 31.2 Å². The third-order valence-corrected chi connectivity index (χ3v) is 4.02. The lowest BCUT2D eigenvalue weighted by Gasteiger charge is -2.32. The minimum atomic E-state index is -0.141. The molecule has 0 bridgehead atoms. The second-order valence-corrected chi connectivity index (χ2v) is 6.02. The van der Waals surface area contributed by atoms with E-state index in [1.54, 1.807) is 12.5 Å². The molecule has 8 heteroatoms. The van der Waals surface area contributed by atoms with Crippen LogP contribution >= 0.6 is 0 Å². The van der Waals surface area contributed by atoms with Gasteiger partial charge in [-0.3, -0.25) is 9.69 Å². The number of ether oxygens (including phenoxy) is 1. The van der Waals surface area contributed by atoms with Crippen LogP contribution in [0.15, 0.2) is 41.1 Å².